The van der Waals surface area contributed by atoms with Crippen molar-refractivity contribution < 1.29 is 9.90 Å². The Balaban J connectivity index is 2.13. The molecule has 1 aromatic carbocycles. The summed E-state index contributed by atoms with van der Waals surface area (Å²) < 4.78 is 1.66. The third kappa shape index (κ3) is 1.99. The van der Waals surface area contributed by atoms with Gasteiger partial charge in [0.15, 0.2) is 0 Å². The van der Waals surface area contributed by atoms with E-state index in [1.54, 1.807) is 34.9 Å². The summed E-state index contributed by atoms with van der Waals surface area (Å²) in [5.41, 5.74) is 2.94. The number of carboxylic acid groups (broad SMARTS) is 1. The van der Waals surface area contributed by atoms with Gasteiger partial charge in [0.2, 0.25) is 0 Å². The molecule has 0 saturated carbocycles. The lowest BCUT2D eigenvalue weighted by molar-refractivity contribution is 0.0696. The highest BCUT2D eigenvalue weighted by molar-refractivity contribution is 5.87. The summed E-state index contributed by atoms with van der Waals surface area (Å²) in [6.45, 7) is 0. The van der Waals surface area contributed by atoms with Crippen molar-refractivity contribution in [1.82, 2.24) is 9.38 Å². The van der Waals surface area contributed by atoms with Crippen LogP contribution in [0.3, 0.4) is 0 Å². The van der Waals surface area contributed by atoms with Crippen molar-refractivity contribution in [2.24, 2.45) is 0 Å². The zero-order valence-corrected chi connectivity index (χ0v) is 10.3. The summed E-state index contributed by atoms with van der Waals surface area (Å²) in [6.07, 6.45) is 3.26. The van der Waals surface area contributed by atoms with Gasteiger partial charge in [-0.1, -0.05) is 12.1 Å². The Labute approximate surface area is 114 Å². The van der Waals surface area contributed by atoms with E-state index < -0.39 is 5.97 Å². The van der Waals surface area contributed by atoms with Crippen LogP contribution >= 0.6 is 0 Å². The maximum atomic E-state index is 10.9. The molecule has 0 aliphatic carbocycles. The number of benzene rings is 1. The van der Waals surface area contributed by atoms with Gasteiger partial charge in [-0.15, -0.1) is 0 Å². The fourth-order valence-corrected chi connectivity index (χ4v) is 2.01. The van der Waals surface area contributed by atoms with Crippen LogP contribution in [0.15, 0.2) is 48.8 Å². The Morgan fingerprint density at radius 2 is 2.10 bits per heavy atom. The van der Waals surface area contributed by atoms with E-state index in [1.807, 2.05) is 6.07 Å². The number of aromatic carboxylic acids is 1. The zero-order valence-electron chi connectivity index (χ0n) is 10.3. The molecular formula is C15H9N3O2. The molecule has 0 aliphatic heterocycles. The van der Waals surface area contributed by atoms with E-state index in [0.717, 1.165) is 5.56 Å². The molecule has 0 aliphatic rings. The minimum atomic E-state index is -0.978. The lowest BCUT2D eigenvalue weighted by Gasteiger charge is -1.95. The Morgan fingerprint density at radius 3 is 2.85 bits per heavy atom. The van der Waals surface area contributed by atoms with Crippen molar-refractivity contribution in [1.29, 1.82) is 5.26 Å². The fraction of sp³-hybridized carbons (Fsp3) is 0. The van der Waals surface area contributed by atoms with Crippen molar-refractivity contribution in [3.8, 4) is 17.3 Å². The number of fused-ring (bicyclic) bond motifs is 1. The van der Waals surface area contributed by atoms with Gasteiger partial charge in [0, 0.05) is 18.0 Å². The summed E-state index contributed by atoms with van der Waals surface area (Å²) in [7, 11) is 0. The van der Waals surface area contributed by atoms with E-state index >= 15 is 0 Å². The Bertz CT molecular complexity index is 859. The van der Waals surface area contributed by atoms with Crippen molar-refractivity contribution in [3.05, 3.63) is 59.9 Å². The number of carboxylic acids is 1. The molecule has 0 bridgehead atoms. The SMILES string of the molecule is N#Cc1cccc(-c2cn3cc(C(=O)O)ccc3n2)c1. The molecule has 1 N–H and O–H groups in total. The summed E-state index contributed by atoms with van der Waals surface area (Å²) in [4.78, 5) is 15.4. The molecule has 20 heavy (non-hydrogen) atoms. The Morgan fingerprint density at radius 1 is 1.25 bits per heavy atom. The maximum Gasteiger partial charge on any atom is 0.337 e. The van der Waals surface area contributed by atoms with Crippen LogP contribution in [-0.2, 0) is 0 Å². The minimum absolute atomic E-state index is 0.201. The van der Waals surface area contributed by atoms with Crippen LogP contribution in [0.1, 0.15) is 15.9 Å². The van der Waals surface area contributed by atoms with Crippen LogP contribution in [0.25, 0.3) is 16.9 Å². The van der Waals surface area contributed by atoms with Gasteiger partial charge in [0.1, 0.15) is 5.65 Å². The average Bonchev–Trinajstić information content (AvgIpc) is 2.90. The van der Waals surface area contributed by atoms with Gasteiger partial charge in [0.05, 0.1) is 22.9 Å². The fourth-order valence-electron chi connectivity index (χ4n) is 2.01. The number of nitrogens with zero attached hydrogens (tertiary/aromatic N) is 3. The average molecular weight is 263 g/mol. The third-order valence-electron chi connectivity index (χ3n) is 2.99. The van der Waals surface area contributed by atoms with Crippen LogP contribution in [-0.4, -0.2) is 20.5 Å². The van der Waals surface area contributed by atoms with Crippen LogP contribution < -0.4 is 0 Å². The molecule has 96 valence electrons. The highest BCUT2D eigenvalue weighted by Gasteiger charge is 2.08. The van der Waals surface area contributed by atoms with E-state index in [1.165, 1.54) is 12.3 Å². The molecule has 0 fully saturated rings. The molecule has 0 spiro atoms. The first-order valence-corrected chi connectivity index (χ1v) is 5.90. The van der Waals surface area contributed by atoms with Crippen molar-refractivity contribution in [2.45, 2.75) is 0 Å². The number of rotatable bonds is 2. The first kappa shape index (κ1) is 11.9. The molecule has 0 unspecified atom stereocenters. The number of aromatic nitrogens is 2. The van der Waals surface area contributed by atoms with Crippen LogP contribution in [0.2, 0.25) is 0 Å². The summed E-state index contributed by atoms with van der Waals surface area (Å²) in [5.74, 6) is -0.978. The van der Waals surface area contributed by atoms with E-state index in [2.05, 4.69) is 11.1 Å². The van der Waals surface area contributed by atoms with Gasteiger partial charge in [-0.05, 0) is 24.3 Å². The number of hydrogen-bond acceptors (Lipinski definition) is 3. The van der Waals surface area contributed by atoms with Gasteiger partial charge in [-0.2, -0.15) is 5.26 Å². The van der Waals surface area contributed by atoms with Crippen LogP contribution in [0, 0.1) is 11.3 Å². The summed E-state index contributed by atoms with van der Waals surface area (Å²) in [6, 6.07) is 12.4. The maximum absolute atomic E-state index is 10.9. The van der Waals surface area contributed by atoms with E-state index in [-0.39, 0.29) is 5.56 Å². The second-order valence-corrected chi connectivity index (χ2v) is 4.31. The number of pyridine rings is 1. The standard InChI is InChI=1S/C15H9N3O2/c16-7-10-2-1-3-11(6-10)13-9-18-8-12(15(19)20)4-5-14(18)17-13/h1-6,8-9H,(H,19,20). The second kappa shape index (κ2) is 4.52. The lowest BCUT2D eigenvalue weighted by atomic mass is 10.1. The van der Waals surface area contributed by atoms with Gasteiger partial charge in [-0.3, -0.25) is 0 Å². The van der Waals surface area contributed by atoms with Crippen LogP contribution in [0.4, 0.5) is 0 Å². The molecule has 3 aromatic rings. The molecule has 0 radical (unpaired) electrons. The second-order valence-electron chi connectivity index (χ2n) is 4.31. The van der Waals surface area contributed by atoms with Gasteiger partial charge >= 0.3 is 5.97 Å². The molecule has 0 amide bonds. The van der Waals surface area contributed by atoms with E-state index in [4.69, 9.17) is 10.4 Å². The molecule has 3 rings (SSSR count). The molecule has 5 nitrogen and oxygen atoms in total. The number of carbonyl (C=O) groups is 1. The van der Waals surface area contributed by atoms with Gasteiger partial charge in [-0.25, -0.2) is 9.78 Å². The van der Waals surface area contributed by atoms with Crippen molar-refractivity contribution in [3.63, 3.8) is 0 Å². The first-order valence-electron chi connectivity index (χ1n) is 5.90. The first-order chi connectivity index (χ1) is 9.67. The predicted octanol–water partition coefficient (Wildman–Crippen LogP) is 2.57. The smallest absolute Gasteiger partial charge is 0.337 e. The Hall–Kier alpha value is -3.13. The van der Waals surface area contributed by atoms with Crippen molar-refractivity contribution >= 4 is 11.6 Å². The van der Waals surface area contributed by atoms with E-state index in [9.17, 15) is 4.79 Å². The molecule has 2 aromatic heterocycles. The molecule has 5 heteroatoms. The third-order valence-corrected chi connectivity index (χ3v) is 2.99. The minimum Gasteiger partial charge on any atom is -0.478 e. The summed E-state index contributed by atoms with van der Waals surface area (Å²) >= 11 is 0. The number of hydrogen-bond donors (Lipinski definition) is 1. The Kier molecular flexibility index (Phi) is 2.70. The zero-order chi connectivity index (χ0) is 14.1. The number of nitriles is 1. The highest BCUT2D eigenvalue weighted by atomic mass is 16.4. The molecule has 0 atom stereocenters. The predicted molar refractivity (Wildman–Crippen MR) is 72.3 cm³/mol. The van der Waals surface area contributed by atoms with Crippen LogP contribution in [0.5, 0.6) is 0 Å². The largest absolute Gasteiger partial charge is 0.478 e. The highest BCUT2D eigenvalue weighted by Crippen LogP contribution is 2.20. The van der Waals surface area contributed by atoms with Gasteiger partial charge in [0.25, 0.3) is 0 Å². The lowest BCUT2D eigenvalue weighted by Crippen LogP contribution is -1.97. The van der Waals surface area contributed by atoms with Gasteiger partial charge < -0.3 is 9.51 Å². The molecule has 2 heterocycles. The molecule has 0 saturated heterocycles. The summed E-state index contributed by atoms with van der Waals surface area (Å²) in [5, 5.41) is 17.9. The number of imidazole rings is 1. The van der Waals surface area contributed by atoms with Crippen molar-refractivity contribution in [2.75, 3.05) is 0 Å². The molecular weight excluding hydrogens is 254 g/mol. The monoisotopic (exact) mass is 263 g/mol. The van der Waals surface area contributed by atoms with E-state index in [0.29, 0.717) is 16.9 Å². The normalized spacial score (nSPS) is 10.3. The quantitative estimate of drug-likeness (QED) is 0.770. The topological polar surface area (TPSA) is 78.4 Å².